The number of fused-ring (bicyclic) bond motifs is 1. The average Bonchev–Trinajstić information content (AvgIpc) is 3.15. The molecule has 2 heterocycles. The highest BCUT2D eigenvalue weighted by atomic mass is 35.5. The maximum atomic E-state index is 12.8. The molecule has 1 amide bonds. The van der Waals surface area contributed by atoms with E-state index in [2.05, 4.69) is 15.4 Å². The third kappa shape index (κ3) is 3.83. The lowest BCUT2D eigenvalue weighted by Crippen LogP contribution is -2.27. The molecule has 0 fully saturated rings. The summed E-state index contributed by atoms with van der Waals surface area (Å²) in [5.41, 5.74) is 1.30. The van der Waals surface area contributed by atoms with Gasteiger partial charge in [-0.2, -0.15) is 5.10 Å². The zero-order valence-corrected chi connectivity index (χ0v) is 16.1. The summed E-state index contributed by atoms with van der Waals surface area (Å²) in [6.07, 6.45) is 2.76. The summed E-state index contributed by atoms with van der Waals surface area (Å²) in [5, 5.41) is 7.83. The standard InChI is InChI=1S/C20H16ClN5O3/c1-29-16-7-3-5-14(9-16)24-18(27)11-25-12-22-19-17(20(25)28)10-23-26(19)15-6-2-4-13(21)8-15/h2-10,12H,11H2,1H3,(H,24,27). The number of ether oxygens (including phenoxy) is 1. The molecule has 0 bridgehead atoms. The summed E-state index contributed by atoms with van der Waals surface area (Å²) < 4.78 is 7.90. The summed E-state index contributed by atoms with van der Waals surface area (Å²) in [6.45, 7) is -0.179. The number of hydrogen-bond acceptors (Lipinski definition) is 5. The topological polar surface area (TPSA) is 91.0 Å². The van der Waals surface area contributed by atoms with Crippen molar-refractivity contribution in [2.45, 2.75) is 6.54 Å². The Morgan fingerprint density at radius 3 is 2.83 bits per heavy atom. The Hall–Kier alpha value is -3.65. The molecule has 0 unspecified atom stereocenters. The van der Waals surface area contributed by atoms with Crippen LogP contribution in [-0.2, 0) is 11.3 Å². The summed E-state index contributed by atoms with van der Waals surface area (Å²) in [4.78, 5) is 29.4. The summed E-state index contributed by atoms with van der Waals surface area (Å²) in [7, 11) is 1.55. The van der Waals surface area contributed by atoms with E-state index in [9.17, 15) is 9.59 Å². The van der Waals surface area contributed by atoms with Crippen LogP contribution >= 0.6 is 11.6 Å². The molecule has 1 N–H and O–H groups in total. The van der Waals surface area contributed by atoms with Crippen LogP contribution in [0.2, 0.25) is 5.02 Å². The highest BCUT2D eigenvalue weighted by Gasteiger charge is 2.13. The average molecular weight is 410 g/mol. The van der Waals surface area contributed by atoms with Gasteiger partial charge in [-0.3, -0.25) is 14.2 Å². The summed E-state index contributed by atoms with van der Waals surface area (Å²) in [6, 6.07) is 14.0. The van der Waals surface area contributed by atoms with E-state index in [1.807, 2.05) is 6.07 Å². The first kappa shape index (κ1) is 18.7. The number of methoxy groups -OCH3 is 1. The normalized spacial score (nSPS) is 10.8. The van der Waals surface area contributed by atoms with Crippen molar-refractivity contribution in [3.63, 3.8) is 0 Å². The number of carbonyl (C=O) groups excluding carboxylic acids is 1. The van der Waals surface area contributed by atoms with Gasteiger partial charge in [0, 0.05) is 16.8 Å². The number of halogens is 1. The van der Waals surface area contributed by atoms with Crippen LogP contribution in [0.1, 0.15) is 0 Å². The van der Waals surface area contributed by atoms with E-state index >= 15 is 0 Å². The monoisotopic (exact) mass is 409 g/mol. The van der Waals surface area contributed by atoms with Crippen molar-refractivity contribution in [2.75, 3.05) is 12.4 Å². The Morgan fingerprint density at radius 2 is 2.03 bits per heavy atom. The first-order valence-corrected chi connectivity index (χ1v) is 9.06. The second-order valence-electron chi connectivity index (χ2n) is 6.23. The molecule has 8 nitrogen and oxygen atoms in total. The first-order chi connectivity index (χ1) is 14.0. The summed E-state index contributed by atoms with van der Waals surface area (Å²) >= 11 is 6.03. The number of aromatic nitrogens is 4. The van der Waals surface area contributed by atoms with Crippen LogP contribution in [0.15, 0.2) is 65.8 Å². The van der Waals surface area contributed by atoms with Crippen molar-refractivity contribution in [1.29, 1.82) is 0 Å². The van der Waals surface area contributed by atoms with E-state index in [0.717, 1.165) is 0 Å². The lowest BCUT2D eigenvalue weighted by atomic mass is 10.3. The van der Waals surface area contributed by atoms with E-state index in [1.54, 1.807) is 49.6 Å². The highest BCUT2D eigenvalue weighted by molar-refractivity contribution is 6.30. The first-order valence-electron chi connectivity index (χ1n) is 8.68. The van der Waals surface area contributed by atoms with Gasteiger partial charge in [-0.25, -0.2) is 9.67 Å². The molecule has 0 aliphatic heterocycles. The van der Waals surface area contributed by atoms with Gasteiger partial charge in [0.2, 0.25) is 5.91 Å². The number of amides is 1. The zero-order chi connectivity index (χ0) is 20.4. The molecule has 2 aromatic heterocycles. The Kier molecular flexibility index (Phi) is 5.01. The minimum absolute atomic E-state index is 0.179. The molecule has 29 heavy (non-hydrogen) atoms. The van der Waals surface area contributed by atoms with Crippen molar-refractivity contribution >= 4 is 34.2 Å². The van der Waals surface area contributed by atoms with Crippen molar-refractivity contribution in [1.82, 2.24) is 19.3 Å². The predicted molar refractivity (Wildman–Crippen MR) is 110 cm³/mol. The Bertz CT molecular complexity index is 1260. The van der Waals surface area contributed by atoms with Gasteiger partial charge in [0.25, 0.3) is 5.56 Å². The number of carbonyl (C=O) groups is 1. The van der Waals surface area contributed by atoms with Crippen LogP contribution in [0.25, 0.3) is 16.7 Å². The molecule has 0 atom stereocenters. The fourth-order valence-electron chi connectivity index (χ4n) is 2.91. The minimum Gasteiger partial charge on any atom is -0.497 e. The van der Waals surface area contributed by atoms with E-state index in [-0.39, 0.29) is 18.0 Å². The lowest BCUT2D eigenvalue weighted by Gasteiger charge is -2.09. The fraction of sp³-hybridized carbons (Fsp3) is 0.100. The van der Waals surface area contributed by atoms with E-state index in [1.165, 1.54) is 21.8 Å². The van der Waals surface area contributed by atoms with Gasteiger partial charge >= 0.3 is 0 Å². The third-order valence-corrected chi connectivity index (χ3v) is 4.51. The van der Waals surface area contributed by atoms with Crippen LogP contribution in [0.3, 0.4) is 0 Å². The number of benzene rings is 2. The molecule has 0 aliphatic carbocycles. The Balaban J connectivity index is 1.59. The van der Waals surface area contributed by atoms with Gasteiger partial charge in [-0.05, 0) is 30.3 Å². The van der Waals surface area contributed by atoms with Gasteiger partial charge in [-0.15, -0.1) is 0 Å². The molecule has 0 spiro atoms. The van der Waals surface area contributed by atoms with Gasteiger partial charge in [0.1, 0.15) is 24.0 Å². The molecular weight excluding hydrogens is 394 g/mol. The van der Waals surface area contributed by atoms with Crippen molar-refractivity contribution in [3.05, 3.63) is 76.4 Å². The van der Waals surface area contributed by atoms with Crippen LogP contribution in [-0.4, -0.2) is 32.3 Å². The number of nitrogens with one attached hydrogen (secondary N) is 1. The summed E-state index contributed by atoms with van der Waals surface area (Å²) in [5.74, 6) is 0.264. The molecule has 2 aromatic carbocycles. The molecule has 146 valence electrons. The van der Waals surface area contributed by atoms with Gasteiger partial charge in [0.05, 0.1) is 19.0 Å². The van der Waals surface area contributed by atoms with E-state index in [4.69, 9.17) is 16.3 Å². The minimum atomic E-state index is -0.358. The van der Waals surface area contributed by atoms with Crippen molar-refractivity contribution in [3.8, 4) is 11.4 Å². The largest absolute Gasteiger partial charge is 0.497 e. The number of hydrogen-bond donors (Lipinski definition) is 1. The number of rotatable bonds is 5. The molecule has 0 aliphatic rings. The SMILES string of the molecule is COc1cccc(NC(=O)Cn2cnc3c(cnn3-c3cccc(Cl)c3)c2=O)c1. The van der Waals surface area contributed by atoms with Crippen LogP contribution in [0.5, 0.6) is 5.75 Å². The van der Waals surface area contributed by atoms with Crippen LogP contribution in [0, 0.1) is 0 Å². The molecule has 9 heteroatoms. The highest BCUT2D eigenvalue weighted by Crippen LogP contribution is 2.18. The Labute approximate surface area is 170 Å². The van der Waals surface area contributed by atoms with Crippen LogP contribution in [0.4, 0.5) is 5.69 Å². The fourth-order valence-corrected chi connectivity index (χ4v) is 3.10. The van der Waals surface area contributed by atoms with Gasteiger partial charge in [0.15, 0.2) is 5.65 Å². The molecule has 4 rings (SSSR count). The van der Waals surface area contributed by atoms with E-state index < -0.39 is 0 Å². The second-order valence-corrected chi connectivity index (χ2v) is 6.67. The molecule has 0 saturated carbocycles. The lowest BCUT2D eigenvalue weighted by molar-refractivity contribution is -0.116. The predicted octanol–water partition coefficient (Wildman–Crippen LogP) is 2.88. The second kappa shape index (κ2) is 7.76. The molecule has 0 saturated heterocycles. The Morgan fingerprint density at radius 1 is 1.21 bits per heavy atom. The maximum absolute atomic E-state index is 12.8. The zero-order valence-electron chi connectivity index (χ0n) is 15.4. The van der Waals surface area contributed by atoms with E-state index in [0.29, 0.717) is 33.2 Å². The molecule has 4 aromatic rings. The number of nitrogens with zero attached hydrogens (tertiary/aromatic N) is 4. The van der Waals surface area contributed by atoms with Gasteiger partial charge in [-0.1, -0.05) is 23.7 Å². The van der Waals surface area contributed by atoms with Crippen LogP contribution < -0.4 is 15.6 Å². The third-order valence-electron chi connectivity index (χ3n) is 4.27. The smallest absolute Gasteiger partial charge is 0.264 e. The van der Waals surface area contributed by atoms with Gasteiger partial charge < -0.3 is 10.1 Å². The molecular formula is C20H16ClN5O3. The molecule has 0 radical (unpaired) electrons. The quantitative estimate of drug-likeness (QED) is 0.547. The maximum Gasteiger partial charge on any atom is 0.264 e. The van der Waals surface area contributed by atoms with Crippen molar-refractivity contribution < 1.29 is 9.53 Å². The van der Waals surface area contributed by atoms with Crippen molar-refractivity contribution in [2.24, 2.45) is 0 Å². The number of anilines is 1.